The van der Waals surface area contributed by atoms with E-state index in [1.54, 1.807) is 7.11 Å². The molecule has 0 saturated carbocycles. The predicted molar refractivity (Wildman–Crippen MR) is 53.5 cm³/mol. The first-order valence-electron chi connectivity index (χ1n) is 4.89. The van der Waals surface area contributed by atoms with Crippen LogP contribution in [0.25, 0.3) is 0 Å². The van der Waals surface area contributed by atoms with Crippen molar-refractivity contribution < 1.29 is 4.74 Å². The molecule has 4 heteroatoms. The monoisotopic (exact) mass is 193 g/mol. The lowest BCUT2D eigenvalue weighted by Gasteiger charge is -2.11. The Kier molecular flexibility index (Phi) is 2.63. The molecule has 1 unspecified atom stereocenters. The van der Waals surface area contributed by atoms with Gasteiger partial charge in [0.15, 0.2) is 0 Å². The first-order valence-corrected chi connectivity index (χ1v) is 4.89. The zero-order valence-corrected chi connectivity index (χ0v) is 8.58. The molecule has 1 fully saturated rings. The normalized spacial score (nSPS) is 21.1. The summed E-state index contributed by atoms with van der Waals surface area (Å²) in [6.45, 7) is 4.14. The summed E-state index contributed by atoms with van der Waals surface area (Å²) in [5.41, 5.74) is 2.28. The fourth-order valence-corrected chi connectivity index (χ4v) is 1.87. The van der Waals surface area contributed by atoms with E-state index in [2.05, 4.69) is 15.3 Å². The van der Waals surface area contributed by atoms with Crippen molar-refractivity contribution in [2.45, 2.75) is 19.3 Å². The molecule has 2 rings (SSSR count). The van der Waals surface area contributed by atoms with E-state index < -0.39 is 0 Å². The first-order chi connectivity index (χ1) is 6.81. The topological polar surface area (TPSA) is 47.0 Å². The van der Waals surface area contributed by atoms with E-state index in [-0.39, 0.29) is 0 Å². The number of ether oxygens (including phenoxy) is 1. The van der Waals surface area contributed by atoms with Gasteiger partial charge in [-0.25, -0.2) is 9.97 Å². The SMILES string of the molecule is COc1ncc(C2CCNC2)c(C)n1. The molecule has 0 aromatic carbocycles. The largest absolute Gasteiger partial charge is 0.467 e. The fourth-order valence-electron chi connectivity index (χ4n) is 1.87. The Bertz CT molecular complexity index is 321. The number of hydrogen-bond acceptors (Lipinski definition) is 4. The van der Waals surface area contributed by atoms with Crippen molar-refractivity contribution in [2.24, 2.45) is 0 Å². The van der Waals surface area contributed by atoms with Crippen molar-refractivity contribution in [1.82, 2.24) is 15.3 Å². The summed E-state index contributed by atoms with van der Waals surface area (Å²) >= 11 is 0. The zero-order chi connectivity index (χ0) is 9.97. The van der Waals surface area contributed by atoms with Crippen LogP contribution in [0.15, 0.2) is 6.20 Å². The molecule has 1 aromatic rings. The Hall–Kier alpha value is -1.16. The highest BCUT2D eigenvalue weighted by molar-refractivity contribution is 5.23. The molecule has 1 aliphatic heterocycles. The minimum atomic E-state index is 0.456. The van der Waals surface area contributed by atoms with Crippen molar-refractivity contribution in [3.8, 4) is 6.01 Å². The van der Waals surface area contributed by atoms with Crippen molar-refractivity contribution in [3.05, 3.63) is 17.5 Å². The molecule has 1 atom stereocenters. The van der Waals surface area contributed by atoms with Gasteiger partial charge in [-0.05, 0) is 25.5 Å². The van der Waals surface area contributed by atoms with Gasteiger partial charge >= 0.3 is 6.01 Å². The molecule has 76 valence electrons. The Labute approximate surface area is 83.7 Å². The van der Waals surface area contributed by atoms with Crippen LogP contribution in [0.4, 0.5) is 0 Å². The second-order valence-electron chi connectivity index (χ2n) is 3.59. The van der Waals surface area contributed by atoms with Gasteiger partial charge in [0.25, 0.3) is 0 Å². The molecule has 0 radical (unpaired) electrons. The highest BCUT2D eigenvalue weighted by Crippen LogP contribution is 2.24. The van der Waals surface area contributed by atoms with E-state index in [1.807, 2.05) is 13.1 Å². The highest BCUT2D eigenvalue weighted by atomic mass is 16.5. The van der Waals surface area contributed by atoms with E-state index >= 15 is 0 Å². The lowest BCUT2D eigenvalue weighted by molar-refractivity contribution is 0.377. The van der Waals surface area contributed by atoms with Crippen LogP contribution in [0.5, 0.6) is 6.01 Å². The highest BCUT2D eigenvalue weighted by Gasteiger charge is 2.19. The molecule has 0 bridgehead atoms. The molecular weight excluding hydrogens is 178 g/mol. The Balaban J connectivity index is 2.25. The molecule has 1 saturated heterocycles. The number of rotatable bonds is 2. The molecular formula is C10H15N3O. The molecule has 0 spiro atoms. The van der Waals surface area contributed by atoms with E-state index in [1.165, 1.54) is 12.0 Å². The lowest BCUT2D eigenvalue weighted by Crippen LogP contribution is -2.10. The van der Waals surface area contributed by atoms with E-state index in [0.717, 1.165) is 18.8 Å². The smallest absolute Gasteiger partial charge is 0.316 e. The summed E-state index contributed by atoms with van der Waals surface area (Å²) in [4.78, 5) is 8.42. The van der Waals surface area contributed by atoms with E-state index in [9.17, 15) is 0 Å². The van der Waals surface area contributed by atoms with Gasteiger partial charge in [-0.1, -0.05) is 0 Å². The second kappa shape index (κ2) is 3.92. The van der Waals surface area contributed by atoms with Crippen molar-refractivity contribution in [1.29, 1.82) is 0 Å². The Morgan fingerprint density at radius 3 is 3.00 bits per heavy atom. The lowest BCUT2D eigenvalue weighted by atomic mass is 9.99. The molecule has 4 nitrogen and oxygen atoms in total. The van der Waals surface area contributed by atoms with E-state index in [0.29, 0.717) is 11.9 Å². The summed E-state index contributed by atoms with van der Waals surface area (Å²) in [7, 11) is 1.59. The van der Waals surface area contributed by atoms with Gasteiger partial charge in [0, 0.05) is 24.4 Å². The van der Waals surface area contributed by atoms with Gasteiger partial charge in [-0.3, -0.25) is 0 Å². The maximum atomic E-state index is 4.97. The van der Waals surface area contributed by atoms with Gasteiger partial charge in [0.05, 0.1) is 7.11 Å². The zero-order valence-electron chi connectivity index (χ0n) is 8.58. The van der Waals surface area contributed by atoms with Gasteiger partial charge in [0.2, 0.25) is 0 Å². The van der Waals surface area contributed by atoms with Crippen LogP contribution < -0.4 is 10.1 Å². The number of aryl methyl sites for hydroxylation is 1. The Morgan fingerprint density at radius 2 is 2.43 bits per heavy atom. The standard InChI is InChI=1S/C10H15N3O/c1-7-9(8-3-4-11-5-8)6-12-10(13-7)14-2/h6,8,11H,3-5H2,1-2H3. The fraction of sp³-hybridized carbons (Fsp3) is 0.600. The quantitative estimate of drug-likeness (QED) is 0.757. The Morgan fingerprint density at radius 1 is 1.57 bits per heavy atom. The number of methoxy groups -OCH3 is 1. The summed E-state index contributed by atoms with van der Waals surface area (Å²) < 4.78 is 4.97. The van der Waals surface area contributed by atoms with E-state index in [4.69, 9.17) is 4.74 Å². The number of aromatic nitrogens is 2. The van der Waals surface area contributed by atoms with Gasteiger partial charge in [-0.2, -0.15) is 0 Å². The molecule has 14 heavy (non-hydrogen) atoms. The van der Waals surface area contributed by atoms with Crippen molar-refractivity contribution in [2.75, 3.05) is 20.2 Å². The minimum Gasteiger partial charge on any atom is -0.467 e. The average molecular weight is 193 g/mol. The maximum absolute atomic E-state index is 4.97. The van der Waals surface area contributed by atoms with Crippen LogP contribution in [0, 0.1) is 6.92 Å². The third kappa shape index (κ3) is 1.70. The number of nitrogens with zero attached hydrogens (tertiary/aromatic N) is 2. The molecule has 1 aliphatic rings. The summed E-state index contributed by atoms with van der Waals surface area (Å²) in [6.07, 6.45) is 3.06. The van der Waals surface area contributed by atoms with Crippen LogP contribution in [0.3, 0.4) is 0 Å². The van der Waals surface area contributed by atoms with Crippen LogP contribution in [0.2, 0.25) is 0 Å². The minimum absolute atomic E-state index is 0.456. The van der Waals surface area contributed by atoms with Gasteiger partial charge in [0.1, 0.15) is 0 Å². The summed E-state index contributed by atoms with van der Waals surface area (Å²) in [6, 6.07) is 0.456. The van der Waals surface area contributed by atoms with Crippen LogP contribution in [-0.2, 0) is 0 Å². The maximum Gasteiger partial charge on any atom is 0.316 e. The van der Waals surface area contributed by atoms with Crippen LogP contribution >= 0.6 is 0 Å². The molecule has 0 amide bonds. The van der Waals surface area contributed by atoms with Crippen LogP contribution in [-0.4, -0.2) is 30.2 Å². The molecule has 0 aliphatic carbocycles. The number of hydrogen-bond donors (Lipinski definition) is 1. The summed E-state index contributed by atoms with van der Waals surface area (Å²) in [5, 5.41) is 3.34. The third-order valence-corrected chi connectivity index (χ3v) is 2.68. The summed E-state index contributed by atoms with van der Waals surface area (Å²) in [5.74, 6) is 0.570. The number of nitrogens with one attached hydrogen (secondary N) is 1. The third-order valence-electron chi connectivity index (χ3n) is 2.68. The van der Waals surface area contributed by atoms with Crippen LogP contribution in [0.1, 0.15) is 23.6 Å². The average Bonchev–Trinajstić information content (AvgIpc) is 2.70. The predicted octanol–water partition coefficient (Wildman–Crippen LogP) is 0.871. The van der Waals surface area contributed by atoms with Crippen molar-refractivity contribution >= 4 is 0 Å². The van der Waals surface area contributed by atoms with Gasteiger partial charge in [-0.15, -0.1) is 0 Å². The first kappa shape index (κ1) is 9.40. The second-order valence-corrected chi connectivity index (χ2v) is 3.59. The molecule has 2 heterocycles. The molecule has 1 N–H and O–H groups in total. The molecule has 1 aromatic heterocycles. The van der Waals surface area contributed by atoms with Crippen molar-refractivity contribution in [3.63, 3.8) is 0 Å². The van der Waals surface area contributed by atoms with Gasteiger partial charge < -0.3 is 10.1 Å².